The van der Waals surface area contributed by atoms with Crippen molar-refractivity contribution in [2.24, 2.45) is 0 Å². The van der Waals surface area contributed by atoms with Gasteiger partial charge in [-0.15, -0.1) is 11.3 Å². The Hall–Kier alpha value is -0.530. The van der Waals surface area contributed by atoms with Crippen molar-refractivity contribution < 1.29 is 13.2 Å². The summed E-state index contributed by atoms with van der Waals surface area (Å²) in [5.74, 6) is 0. The fourth-order valence-electron chi connectivity index (χ4n) is 1.68. The highest BCUT2D eigenvalue weighted by molar-refractivity contribution is 9.11. The number of alkyl halides is 3. The third kappa shape index (κ3) is 3.77. The van der Waals surface area contributed by atoms with E-state index in [2.05, 4.69) is 37.2 Å². The Labute approximate surface area is 135 Å². The van der Waals surface area contributed by atoms with Crippen molar-refractivity contribution in [3.63, 3.8) is 0 Å². The first kappa shape index (κ1) is 15.9. The van der Waals surface area contributed by atoms with E-state index in [-0.39, 0.29) is 6.04 Å². The molecule has 7 heteroatoms. The van der Waals surface area contributed by atoms with E-state index < -0.39 is 11.7 Å². The topological polar surface area (TPSA) is 12.0 Å². The maximum atomic E-state index is 12.7. The summed E-state index contributed by atoms with van der Waals surface area (Å²) in [5.41, 5.74) is -0.236. The van der Waals surface area contributed by atoms with Gasteiger partial charge in [-0.1, -0.05) is 0 Å². The summed E-state index contributed by atoms with van der Waals surface area (Å²) in [5, 5.41) is 3.09. The summed E-state index contributed by atoms with van der Waals surface area (Å²) in [7, 11) is 0. The summed E-state index contributed by atoms with van der Waals surface area (Å²) in [4.78, 5) is 1.04. The minimum absolute atomic E-state index is 0.0777. The molecular weight excluding hydrogens is 419 g/mol. The molecule has 2 aromatic rings. The lowest BCUT2D eigenvalue weighted by Crippen LogP contribution is -2.09. The van der Waals surface area contributed by atoms with E-state index in [0.717, 1.165) is 20.8 Å². The Balaban J connectivity index is 2.24. The van der Waals surface area contributed by atoms with Gasteiger partial charge >= 0.3 is 6.18 Å². The summed E-state index contributed by atoms with van der Waals surface area (Å²) in [6, 6.07) is 7.35. The summed E-state index contributed by atoms with van der Waals surface area (Å²) >= 11 is 8.19. The minimum Gasteiger partial charge on any atom is -0.377 e. The number of hydrogen-bond acceptors (Lipinski definition) is 2. The maximum Gasteiger partial charge on any atom is 0.416 e. The van der Waals surface area contributed by atoms with Crippen LogP contribution in [-0.2, 0) is 6.18 Å². The highest BCUT2D eigenvalue weighted by Gasteiger charge is 2.31. The monoisotopic (exact) mass is 427 g/mol. The van der Waals surface area contributed by atoms with Crippen LogP contribution in [0.4, 0.5) is 18.9 Å². The first-order valence-corrected chi connectivity index (χ1v) is 8.06. The molecule has 20 heavy (non-hydrogen) atoms. The van der Waals surface area contributed by atoms with Gasteiger partial charge in [0.1, 0.15) is 0 Å². The predicted molar refractivity (Wildman–Crippen MR) is 83.2 cm³/mol. The molecule has 0 spiro atoms. The maximum absolute atomic E-state index is 12.7. The van der Waals surface area contributed by atoms with Gasteiger partial charge in [-0.2, -0.15) is 13.2 Å². The van der Waals surface area contributed by atoms with Gasteiger partial charge in [-0.05, 0) is 69.1 Å². The quantitative estimate of drug-likeness (QED) is 0.591. The molecule has 1 N–H and O–H groups in total. The van der Waals surface area contributed by atoms with E-state index in [9.17, 15) is 13.2 Å². The Morgan fingerprint density at radius 1 is 1.15 bits per heavy atom. The predicted octanol–water partition coefficient (Wildman–Crippen LogP) is 6.47. The molecule has 1 heterocycles. The number of hydrogen-bond donors (Lipinski definition) is 1. The summed E-state index contributed by atoms with van der Waals surface area (Å²) in [6.45, 7) is 1.91. The van der Waals surface area contributed by atoms with Gasteiger partial charge in [-0.25, -0.2) is 0 Å². The second kappa shape index (κ2) is 6.07. The van der Waals surface area contributed by atoms with E-state index in [0.29, 0.717) is 10.2 Å². The molecule has 1 unspecified atom stereocenters. The molecule has 0 amide bonds. The van der Waals surface area contributed by atoms with Crippen LogP contribution in [0.15, 0.2) is 38.6 Å². The normalized spacial score (nSPS) is 13.3. The Bertz CT molecular complexity index is 610. The van der Waals surface area contributed by atoms with Crippen LogP contribution in [0.2, 0.25) is 0 Å². The highest BCUT2D eigenvalue weighted by Crippen LogP contribution is 2.36. The van der Waals surface area contributed by atoms with Gasteiger partial charge in [0.05, 0.1) is 15.4 Å². The molecule has 0 saturated carbocycles. The van der Waals surface area contributed by atoms with Crippen LogP contribution in [0.1, 0.15) is 23.4 Å². The van der Waals surface area contributed by atoms with E-state index in [1.165, 1.54) is 6.07 Å². The van der Waals surface area contributed by atoms with Gasteiger partial charge in [0, 0.05) is 15.0 Å². The molecule has 0 saturated heterocycles. The van der Waals surface area contributed by atoms with Crippen LogP contribution >= 0.6 is 43.2 Å². The molecule has 108 valence electrons. The van der Waals surface area contributed by atoms with Crippen LogP contribution in [-0.4, -0.2) is 0 Å². The molecule has 2 rings (SSSR count). The second-order valence-electron chi connectivity index (χ2n) is 4.20. The third-order valence-electron chi connectivity index (χ3n) is 2.69. The number of rotatable bonds is 3. The van der Waals surface area contributed by atoms with Crippen LogP contribution in [0, 0.1) is 0 Å². The molecule has 0 aliphatic heterocycles. The van der Waals surface area contributed by atoms with Crippen LogP contribution in [0.3, 0.4) is 0 Å². The molecule has 0 radical (unpaired) electrons. The lowest BCUT2D eigenvalue weighted by molar-refractivity contribution is -0.137. The Morgan fingerprint density at radius 3 is 2.40 bits per heavy atom. The lowest BCUT2D eigenvalue weighted by atomic mass is 10.1. The number of benzene rings is 1. The van der Waals surface area contributed by atoms with Crippen molar-refractivity contribution in [2.75, 3.05) is 5.32 Å². The average Bonchev–Trinajstić information content (AvgIpc) is 2.77. The van der Waals surface area contributed by atoms with E-state index in [1.807, 2.05) is 19.1 Å². The van der Waals surface area contributed by atoms with Gasteiger partial charge in [-0.3, -0.25) is 0 Å². The SMILES string of the molecule is CC(Nc1cc(C(F)(F)F)ccc1Br)c1ccc(Br)s1. The molecule has 1 nitrogen and oxygen atoms in total. The van der Waals surface area contributed by atoms with Crippen molar-refractivity contribution in [1.82, 2.24) is 0 Å². The molecule has 0 bridgehead atoms. The van der Waals surface area contributed by atoms with E-state index in [1.54, 1.807) is 11.3 Å². The van der Waals surface area contributed by atoms with Crippen molar-refractivity contribution in [1.29, 1.82) is 0 Å². The van der Waals surface area contributed by atoms with Gasteiger partial charge in [0.15, 0.2) is 0 Å². The lowest BCUT2D eigenvalue weighted by Gasteiger charge is -2.17. The number of thiophene rings is 1. The molecular formula is C13H10Br2F3NS. The van der Waals surface area contributed by atoms with Crippen LogP contribution in [0.25, 0.3) is 0 Å². The van der Waals surface area contributed by atoms with Crippen molar-refractivity contribution in [2.45, 2.75) is 19.1 Å². The molecule has 1 aromatic heterocycles. The Kier molecular flexibility index (Phi) is 4.81. The van der Waals surface area contributed by atoms with Crippen molar-refractivity contribution in [3.05, 3.63) is 49.0 Å². The van der Waals surface area contributed by atoms with Crippen LogP contribution in [0.5, 0.6) is 0 Å². The third-order valence-corrected chi connectivity index (χ3v) is 5.18. The first-order chi connectivity index (χ1) is 9.27. The van der Waals surface area contributed by atoms with Crippen molar-refractivity contribution >= 4 is 48.9 Å². The molecule has 0 fully saturated rings. The minimum atomic E-state index is -4.34. The molecule has 0 aliphatic carbocycles. The van der Waals surface area contributed by atoms with Crippen molar-refractivity contribution in [3.8, 4) is 0 Å². The van der Waals surface area contributed by atoms with Gasteiger partial charge in [0.2, 0.25) is 0 Å². The number of halogens is 5. The fourth-order valence-corrected chi connectivity index (χ4v) is 3.46. The van der Waals surface area contributed by atoms with Gasteiger partial charge in [0.25, 0.3) is 0 Å². The zero-order valence-electron chi connectivity index (χ0n) is 10.3. The highest BCUT2D eigenvalue weighted by atomic mass is 79.9. The molecule has 1 atom stereocenters. The smallest absolute Gasteiger partial charge is 0.377 e. The first-order valence-electron chi connectivity index (χ1n) is 5.66. The van der Waals surface area contributed by atoms with Crippen LogP contribution < -0.4 is 5.32 Å². The van der Waals surface area contributed by atoms with Gasteiger partial charge < -0.3 is 5.32 Å². The average molecular weight is 429 g/mol. The van der Waals surface area contributed by atoms with E-state index >= 15 is 0 Å². The van der Waals surface area contributed by atoms with E-state index in [4.69, 9.17) is 0 Å². The zero-order chi connectivity index (χ0) is 14.9. The summed E-state index contributed by atoms with van der Waals surface area (Å²) < 4.78 is 39.7. The number of nitrogens with one attached hydrogen (secondary N) is 1. The summed E-state index contributed by atoms with van der Waals surface area (Å²) in [6.07, 6.45) is -4.34. The molecule has 0 aliphatic rings. The second-order valence-corrected chi connectivity index (χ2v) is 7.55. The molecule has 1 aromatic carbocycles. The standard InChI is InChI=1S/C13H10Br2F3NS/c1-7(11-4-5-12(15)20-11)19-10-6-8(13(16,17)18)2-3-9(10)14/h2-7,19H,1H3. The largest absolute Gasteiger partial charge is 0.416 e. The zero-order valence-corrected chi connectivity index (χ0v) is 14.3. The Morgan fingerprint density at radius 2 is 1.85 bits per heavy atom. The fraction of sp³-hybridized carbons (Fsp3) is 0.231. The number of anilines is 1.